The van der Waals surface area contributed by atoms with Gasteiger partial charge in [0.05, 0.1) is 12.0 Å². The monoisotopic (exact) mass is 298 g/mol. The van der Waals surface area contributed by atoms with Crippen molar-refractivity contribution in [3.8, 4) is 0 Å². The van der Waals surface area contributed by atoms with E-state index in [4.69, 9.17) is 10.8 Å². The van der Waals surface area contributed by atoms with Crippen molar-refractivity contribution >= 4 is 17.9 Å². The van der Waals surface area contributed by atoms with Crippen molar-refractivity contribution in [2.75, 3.05) is 45.8 Å². The number of nitrogens with zero attached hydrogens (tertiary/aromatic N) is 3. The first-order chi connectivity index (χ1) is 9.82. The summed E-state index contributed by atoms with van der Waals surface area (Å²) in [6.45, 7) is 4.81. The number of piperazine rings is 1. The number of primary amides is 1. The van der Waals surface area contributed by atoms with E-state index in [9.17, 15) is 14.4 Å². The van der Waals surface area contributed by atoms with Crippen molar-refractivity contribution < 1.29 is 19.5 Å². The summed E-state index contributed by atoms with van der Waals surface area (Å²) in [5.41, 5.74) is 4.75. The lowest BCUT2D eigenvalue weighted by Gasteiger charge is -2.36. The zero-order valence-corrected chi connectivity index (χ0v) is 12.2. The summed E-state index contributed by atoms with van der Waals surface area (Å²) in [7, 11) is 0. The molecular weight excluding hydrogens is 276 g/mol. The van der Waals surface area contributed by atoms with Gasteiger partial charge in [0.1, 0.15) is 0 Å². The van der Waals surface area contributed by atoms with Crippen LogP contribution in [-0.4, -0.2) is 83.5 Å². The molecule has 0 spiro atoms. The van der Waals surface area contributed by atoms with E-state index in [1.807, 2.05) is 4.90 Å². The average molecular weight is 298 g/mol. The first-order valence-corrected chi connectivity index (χ1v) is 7.10. The molecule has 2 aliphatic rings. The number of carboxylic acid groups (broad SMARTS) is 1. The molecule has 2 fully saturated rings. The van der Waals surface area contributed by atoms with Gasteiger partial charge < -0.3 is 20.6 Å². The number of nitrogens with two attached hydrogens (primary N) is 1. The molecule has 3 amide bonds. The van der Waals surface area contributed by atoms with Gasteiger partial charge in [0.15, 0.2) is 0 Å². The summed E-state index contributed by atoms with van der Waals surface area (Å²) in [4.78, 5) is 39.7. The number of carbonyl (C=O) groups is 3. The van der Waals surface area contributed by atoms with Crippen LogP contribution in [0.1, 0.15) is 13.3 Å². The lowest BCUT2D eigenvalue weighted by molar-refractivity contribution is -0.138. The van der Waals surface area contributed by atoms with Crippen molar-refractivity contribution in [2.24, 2.45) is 11.1 Å². The Kier molecular flexibility index (Phi) is 4.36. The molecule has 0 bridgehead atoms. The molecule has 1 atom stereocenters. The third-order valence-corrected chi connectivity index (χ3v) is 4.34. The molecule has 8 nitrogen and oxygen atoms in total. The molecule has 2 rings (SSSR count). The predicted molar refractivity (Wildman–Crippen MR) is 74.5 cm³/mol. The van der Waals surface area contributed by atoms with E-state index in [1.165, 1.54) is 0 Å². The van der Waals surface area contributed by atoms with Crippen LogP contribution >= 0.6 is 0 Å². The van der Waals surface area contributed by atoms with Gasteiger partial charge in [0.2, 0.25) is 5.91 Å². The number of carboxylic acids is 1. The molecule has 0 aliphatic carbocycles. The molecule has 2 heterocycles. The first-order valence-electron chi connectivity index (χ1n) is 7.10. The third kappa shape index (κ3) is 3.44. The maximum Gasteiger partial charge on any atom is 0.320 e. The summed E-state index contributed by atoms with van der Waals surface area (Å²) in [6.07, 6.45) is 0.590. The zero-order valence-electron chi connectivity index (χ0n) is 12.2. The fourth-order valence-corrected chi connectivity index (χ4v) is 2.81. The highest BCUT2D eigenvalue weighted by Crippen LogP contribution is 2.30. The predicted octanol–water partition coefficient (Wildman–Crippen LogP) is -0.994. The number of likely N-dealkylation sites (tertiary alicyclic amines) is 1. The van der Waals surface area contributed by atoms with Crippen molar-refractivity contribution in [3.05, 3.63) is 0 Å². The number of hydrogen-bond donors (Lipinski definition) is 2. The number of hydrogen-bond acceptors (Lipinski definition) is 4. The minimum absolute atomic E-state index is 0.00545. The first kappa shape index (κ1) is 15.6. The summed E-state index contributed by atoms with van der Waals surface area (Å²) in [5.74, 6) is -1.23. The van der Waals surface area contributed by atoms with Crippen LogP contribution in [0.15, 0.2) is 0 Å². The van der Waals surface area contributed by atoms with Gasteiger partial charge in [-0.25, -0.2) is 4.79 Å². The Hall–Kier alpha value is -1.83. The van der Waals surface area contributed by atoms with Gasteiger partial charge in [-0.1, -0.05) is 0 Å². The summed E-state index contributed by atoms with van der Waals surface area (Å²) >= 11 is 0. The van der Waals surface area contributed by atoms with Gasteiger partial charge >= 0.3 is 12.0 Å². The summed E-state index contributed by atoms with van der Waals surface area (Å²) in [5, 5.41) is 8.75. The van der Waals surface area contributed by atoms with Gasteiger partial charge in [-0.3, -0.25) is 14.5 Å². The van der Waals surface area contributed by atoms with Crippen LogP contribution in [0.25, 0.3) is 0 Å². The maximum absolute atomic E-state index is 12.4. The Morgan fingerprint density at radius 2 is 1.71 bits per heavy atom. The molecule has 21 heavy (non-hydrogen) atoms. The average Bonchev–Trinajstić information content (AvgIpc) is 2.82. The quantitative estimate of drug-likeness (QED) is 0.695. The zero-order chi connectivity index (χ0) is 15.6. The number of carbonyl (C=O) groups excluding carboxylic acids is 2. The number of rotatable bonds is 3. The highest BCUT2D eigenvalue weighted by Gasteiger charge is 2.42. The molecular formula is C13H22N4O4. The van der Waals surface area contributed by atoms with Crippen LogP contribution in [-0.2, 0) is 9.59 Å². The lowest BCUT2D eigenvalue weighted by atomic mass is 9.89. The smallest absolute Gasteiger partial charge is 0.320 e. The molecule has 3 N–H and O–H groups in total. The third-order valence-electron chi connectivity index (χ3n) is 4.34. The van der Waals surface area contributed by atoms with Crippen LogP contribution in [0, 0.1) is 5.41 Å². The van der Waals surface area contributed by atoms with Crippen molar-refractivity contribution in [2.45, 2.75) is 13.3 Å². The second-order valence-electron chi connectivity index (χ2n) is 6.04. The van der Waals surface area contributed by atoms with E-state index >= 15 is 0 Å². The van der Waals surface area contributed by atoms with E-state index in [1.54, 1.807) is 16.7 Å². The summed E-state index contributed by atoms with van der Waals surface area (Å²) < 4.78 is 0. The van der Waals surface area contributed by atoms with Gasteiger partial charge in [-0.2, -0.15) is 0 Å². The highest BCUT2D eigenvalue weighted by molar-refractivity contribution is 5.83. The molecule has 8 heteroatoms. The molecule has 2 saturated heterocycles. The molecule has 0 saturated carbocycles. The fourth-order valence-electron chi connectivity index (χ4n) is 2.81. The van der Waals surface area contributed by atoms with Crippen LogP contribution in [0.2, 0.25) is 0 Å². The Balaban J connectivity index is 1.86. The number of aliphatic carboxylic acids is 1. The number of amides is 3. The molecule has 1 unspecified atom stereocenters. The molecule has 2 aliphatic heterocycles. The van der Waals surface area contributed by atoms with E-state index in [-0.39, 0.29) is 18.5 Å². The SMILES string of the molecule is CC1(C(N)=O)CCN(C(=O)N2CCN(CC(=O)O)CC2)C1. The molecule has 0 aromatic carbocycles. The van der Waals surface area contributed by atoms with Gasteiger partial charge in [-0.05, 0) is 13.3 Å². The van der Waals surface area contributed by atoms with Crippen LogP contribution < -0.4 is 5.73 Å². The minimum atomic E-state index is -0.855. The fraction of sp³-hybridized carbons (Fsp3) is 0.769. The van der Waals surface area contributed by atoms with E-state index in [2.05, 4.69) is 0 Å². The molecule has 0 radical (unpaired) electrons. The van der Waals surface area contributed by atoms with Crippen LogP contribution in [0.5, 0.6) is 0 Å². The molecule has 118 valence electrons. The molecule has 0 aromatic rings. The highest BCUT2D eigenvalue weighted by atomic mass is 16.4. The second-order valence-corrected chi connectivity index (χ2v) is 6.04. The largest absolute Gasteiger partial charge is 0.480 e. The topological polar surface area (TPSA) is 107 Å². The second kappa shape index (κ2) is 5.88. The van der Waals surface area contributed by atoms with Crippen molar-refractivity contribution in [1.82, 2.24) is 14.7 Å². The summed E-state index contributed by atoms with van der Waals surface area (Å²) in [6, 6.07) is -0.0880. The Bertz CT molecular complexity index is 447. The Morgan fingerprint density at radius 1 is 1.10 bits per heavy atom. The maximum atomic E-state index is 12.4. The van der Waals surface area contributed by atoms with E-state index < -0.39 is 11.4 Å². The van der Waals surface area contributed by atoms with Crippen molar-refractivity contribution in [1.29, 1.82) is 0 Å². The van der Waals surface area contributed by atoms with Gasteiger partial charge in [0, 0.05) is 39.3 Å². The standard InChI is InChI=1S/C13H22N4O4/c1-13(11(14)20)2-3-17(9-13)12(21)16-6-4-15(5-7-16)8-10(18)19/h2-9H2,1H3,(H2,14,20)(H,18,19). The van der Waals surface area contributed by atoms with E-state index in [0.717, 1.165) is 0 Å². The Labute approximate surface area is 123 Å². The Morgan fingerprint density at radius 3 is 2.19 bits per heavy atom. The lowest BCUT2D eigenvalue weighted by Crippen LogP contribution is -2.53. The minimum Gasteiger partial charge on any atom is -0.480 e. The van der Waals surface area contributed by atoms with Crippen LogP contribution in [0.4, 0.5) is 4.79 Å². The normalized spacial score (nSPS) is 26.9. The number of urea groups is 1. The van der Waals surface area contributed by atoms with E-state index in [0.29, 0.717) is 45.7 Å². The van der Waals surface area contributed by atoms with Gasteiger partial charge in [0.25, 0.3) is 0 Å². The van der Waals surface area contributed by atoms with Gasteiger partial charge in [-0.15, -0.1) is 0 Å². The van der Waals surface area contributed by atoms with Crippen LogP contribution in [0.3, 0.4) is 0 Å². The molecule has 0 aromatic heterocycles. The van der Waals surface area contributed by atoms with Crippen molar-refractivity contribution in [3.63, 3.8) is 0 Å².